The molecule has 6 heteroatoms. The van der Waals surface area contributed by atoms with Gasteiger partial charge in [0.2, 0.25) is 0 Å². The third-order valence-corrected chi connectivity index (χ3v) is 6.09. The van der Waals surface area contributed by atoms with E-state index in [9.17, 15) is 9.59 Å². The Kier molecular flexibility index (Phi) is 5.95. The monoisotopic (exact) mass is 409 g/mol. The van der Waals surface area contributed by atoms with Crippen molar-refractivity contribution in [1.82, 2.24) is 14.8 Å². The number of nitrogens with one attached hydrogen (secondary N) is 1. The zero-order valence-electron chi connectivity index (χ0n) is 18.1. The maximum atomic E-state index is 13.0. The second-order valence-corrected chi connectivity index (χ2v) is 8.99. The largest absolute Gasteiger partial charge is 0.483 e. The first kappa shape index (κ1) is 20.7. The summed E-state index contributed by atoms with van der Waals surface area (Å²) in [6, 6.07) is 11.5. The Balaban J connectivity index is 1.67. The summed E-state index contributed by atoms with van der Waals surface area (Å²) in [6.07, 6.45) is 1.15. The Bertz CT molecular complexity index is 982. The number of piperidine rings is 1. The fraction of sp³-hybridized carbons (Fsp3) is 0.500. The van der Waals surface area contributed by atoms with Gasteiger partial charge in [-0.15, -0.1) is 0 Å². The van der Waals surface area contributed by atoms with Gasteiger partial charge in [-0.25, -0.2) is 0 Å². The molecule has 2 bridgehead atoms. The van der Waals surface area contributed by atoms with E-state index in [-0.39, 0.29) is 18.1 Å². The Morgan fingerprint density at radius 2 is 2.00 bits per heavy atom. The molecule has 2 aromatic rings. The second-order valence-electron chi connectivity index (χ2n) is 8.99. The molecule has 4 rings (SSSR count). The van der Waals surface area contributed by atoms with Gasteiger partial charge in [-0.3, -0.25) is 9.59 Å². The van der Waals surface area contributed by atoms with E-state index in [4.69, 9.17) is 4.74 Å². The molecule has 1 saturated heterocycles. The highest BCUT2D eigenvalue weighted by Crippen LogP contribution is 2.38. The molecule has 1 fully saturated rings. The molecule has 0 spiro atoms. The molecule has 1 aromatic carbocycles. The van der Waals surface area contributed by atoms with Crippen LogP contribution in [0.5, 0.6) is 5.75 Å². The third-order valence-electron chi connectivity index (χ3n) is 6.09. The van der Waals surface area contributed by atoms with Crippen LogP contribution in [0.1, 0.15) is 31.9 Å². The van der Waals surface area contributed by atoms with Crippen molar-refractivity contribution in [2.24, 2.45) is 11.8 Å². The van der Waals surface area contributed by atoms with Gasteiger partial charge >= 0.3 is 0 Å². The van der Waals surface area contributed by atoms with E-state index in [1.165, 1.54) is 0 Å². The SMILES string of the molecule is CNC(=O)COc1ccccc1-c1cc2n(c(=O)c1)C[C@H]1C[C@@H]2CN(CC(C)C)C1. The van der Waals surface area contributed by atoms with Gasteiger partial charge in [-0.2, -0.15) is 0 Å². The van der Waals surface area contributed by atoms with E-state index >= 15 is 0 Å². The molecule has 1 amide bonds. The number of fused-ring (bicyclic) bond motifs is 4. The summed E-state index contributed by atoms with van der Waals surface area (Å²) < 4.78 is 7.72. The highest BCUT2D eigenvalue weighted by Gasteiger charge is 2.35. The van der Waals surface area contributed by atoms with Crippen LogP contribution in [0.3, 0.4) is 0 Å². The summed E-state index contributed by atoms with van der Waals surface area (Å²) in [4.78, 5) is 27.2. The van der Waals surface area contributed by atoms with E-state index in [2.05, 4.69) is 30.1 Å². The van der Waals surface area contributed by atoms with Crippen LogP contribution < -0.4 is 15.6 Å². The highest BCUT2D eigenvalue weighted by atomic mass is 16.5. The first-order valence-electron chi connectivity index (χ1n) is 10.8. The van der Waals surface area contributed by atoms with Crippen LogP contribution >= 0.6 is 0 Å². The number of nitrogens with zero attached hydrogens (tertiary/aromatic N) is 2. The molecule has 1 aromatic heterocycles. The average Bonchev–Trinajstić information content (AvgIpc) is 2.72. The Hall–Kier alpha value is -2.60. The molecule has 1 N–H and O–H groups in total. The predicted octanol–water partition coefficient (Wildman–Crippen LogP) is 2.72. The van der Waals surface area contributed by atoms with Crippen LogP contribution in [-0.4, -0.2) is 48.7 Å². The maximum Gasteiger partial charge on any atom is 0.257 e. The van der Waals surface area contributed by atoms with Crippen LogP contribution in [0.4, 0.5) is 0 Å². The van der Waals surface area contributed by atoms with Crippen molar-refractivity contribution in [3.8, 4) is 16.9 Å². The van der Waals surface area contributed by atoms with Crippen LogP contribution in [-0.2, 0) is 11.3 Å². The Morgan fingerprint density at radius 1 is 1.20 bits per heavy atom. The summed E-state index contributed by atoms with van der Waals surface area (Å²) in [7, 11) is 1.59. The minimum absolute atomic E-state index is 0.0497. The van der Waals surface area contributed by atoms with Crippen LogP contribution in [0.25, 0.3) is 11.1 Å². The number of para-hydroxylation sites is 1. The fourth-order valence-electron chi connectivity index (χ4n) is 4.93. The molecule has 2 atom stereocenters. The molecule has 3 heterocycles. The van der Waals surface area contributed by atoms with Crippen LogP contribution in [0.15, 0.2) is 41.2 Å². The number of aromatic nitrogens is 1. The third kappa shape index (κ3) is 4.29. The first-order valence-corrected chi connectivity index (χ1v) is 10.8. The van der Waals surface area contributed by atoms with Crippen molar-refractivity contribution in [1.29, 1.82) is 0 Å². The smallest absolute Gasteiger partial charge is 0.257 e. The average molecular weight is 410 g/mol. The number of likely N-dealkylation sites (tertiary alicyclic amines) is 1. The van der Waals surface area contributed by atoms with Gasteiger partial charge in [0, 0.05) is 56.5 Å². The van der Waals surface area contributed by atoms with Crippen LogP contribution in [0.2, 0.25) is 0 Å². The van der Waals surface area contributed by atoms with Gasteiger partial charge < -0.3 is 19.5 Å². The summed E-state index contributed by atoms with van der Waals surface area (Å²) >= 11 is 0. The number of amides is 1. The number of hydrogen-bond donors (Lipinski definition) is 1. The molecular formula is C24H31N3O3. The van der Waals surface area contributed by atoms with Gasteiger partial charge in [-0.1, -0.05) is 32.0 Å². The molecular weight excluding hydrogens is 378 g/mol. The molecule has 6 nitrogen and oxygen atoms in total. The first-order chi connectivity index (χ1) is 14.4. The number of hydrogen-bond acceptors (Lipinski definition) is 4. The minimum atomic E-state index is -0.186. The van der Waals surface area contributed by atoms with Crippen LogP contribution in [0, 0.1) is 11.8 Å². The zero-order valence-corrected chi connectivity index (χ0v) is 18.1. The van der Waals surface area contributed by atoms with Gasteiger partial charge in [0.15, 0.2) is 6.61 Å². The van der Waals surface area contributed by atoms with Crippen molar-refractivity contribution >= 4 is 5.91 Å². The summed E-state index contributed by atoms with van der Waals surface area (Å²) in [6.45, 7) is 8.46. The molecule has 160 valence electrons. The number of rotatable bonds is 6. The molecule has 2 aliphatic heterocycles. The van der Waals surface area contributed by atoms with Crippen molar-refractivity contribution in [3.63, 3.8) is 0 Å². The van der Waals surface area contributed by atoms with Crippen molar-refractivity contribution in [2.45, 2.75) is 32.7 Å². The normalized spacial score (nSPS) is 20.7. The lowest BCUT2D eigenvalue weighted by Crippen LogP contribution is -2.48. The predicted molar refractivity (Wildman–Crippen MR) is 118 cm³/mol. The highest BCUT2D eigenvalue weighted by molar-refractivity contribution is 5.78. The van der Waals surface area contributed by atoms with E-state index in [1.807, 2.05) is 28.8 Å². The topological polar surface area (TPSA) is 63.6 Å². The number of carbonyl (C=O) groups excluding carboxylic acids is 1. The lowest BCUT2D eigenvalue weighted by atomic mass is 9.82. The van der Waals surface area contributed by atoms with Crippen molar-refractivity contribution < 1.29 is 9.53 Å². The van der Waals surface area contributed by atoms with Gasteiger partial charge in [0.25, 0.3) is 11.5 Å². The van der Waals surface area contributed by atoms with Gasteiger partial charge in [0.05, 0.1) is 0 Å². The molecule has 0 aliphatic carbocycles. The zero-order chi connectivity index (χ0) is 21.3. The Labute approximate surface area is 177 Å². The van der Waals surface area contributed by atoms with E-state index in [0.29, 0.717) is 23.5 Å². The number of carbonyl (C=O) groups is 1. The van der Waals surface area contributed by atoms with Crippen molar-refractivity contribution in [3.05, 3.63) is 52.4 Å². The lowest BCUT2D eigenvalue weighted by molar-refractivity contribution is -0.122. The molecule has 0 unspecified atom stereocenters. The summed E-state index contributed by atoms with van der Waals surface area (Å²) in [5.74, 6) is 1.99. The summed E-state index contributed by atoms with van der Waals surface area (Å²) in [5.41, 5.74) is 2.89. The lowest BCUT2D eigenvalue weighted by Gasteiger charge is -2.43. The minimum Gasteiger partial charge on any atom is -0.483 e. The quantitative estimate of drug-likeness (QED) is 0.797. The standard InChI is InChI=1S/C24H31N3O3/c1-16(2)11-26-12-17-8-19(14-26)21-9-18(10-24(29)27(21)13-17)20-6-4-5-7-22(20)30-15-23(28)25-3/h4-7,9-10,16-17,19H,8,11-15H2,1-3H3,(H,25,28)/t17-,19+/m0/s1. The van der Waals surface area contributed by atoms with Crippen molar-refractivity contribution in [2.75, 3.05) is 33.3 Å². The number of likely N-dealkylation sites (N-methyl/N-ethyl adjacent to an activating group) is 1. The number of pyridine rings is 1. The second kappa shape index (κ2) is 8.64. The van der Waals surface area contributed by atoms with E-state index in [0.717, 1.165) is 49.4 Å². The molecule has 0 saturated carbocycles. The molecule has 2 aliphatic rings. The molecule has 30 heavy (non-hydrogen) atoms. The van der Waals surface area contributed by atoms with E-state index in [1.54, 1.807) is 13.1 Å². The fourth-order valence-corrected chi connectivity index (χ4v) is 4.93. The van der Waals surface area contributed by atoms with Gasteiger partial charge in [0.1, 0.15) is 5.75 Å². The summed E-state index contributed by atoms with van der Waals surface area (Å²) in [5, 5.41) is 2.56. The maximum absolute atomic E-state index is 13.0. The Morgan fingerprint density at radius 3 is 2.77 bits per heavy atom. The van der Waals surface area contributed by atoms with Gasteiger partial charge in [-0.05, 0) is 36.0 Å². The number of benzene rings is 1. The molecule has 0 radical (unpaired) electrons. The number of ether oxygens (including phenoxy) is 1. The van der Waals surface area contributed by atoms with E-state index < -0.39 is 0 Å².